The van der Waals surface area contributed by atoms with Crippen molar-refractivity contribution in [3.8, 4) is 21.9 Å². The van der Waals surface area contributed by atoms with Crippen LogP contribution in [0, 0.1) is 5.82 Å². The minimum atomic E-state index is -0.469. The van der Waals surface area contributed by atoms with Crippen LogP contribution in [-0.4, -0.2) is 39.7 Å². The van der Waals surface area contributed by atoms with Crippen LogP contribution in [0.5, 0.6) is 5.75 Å². The second-order valence-corrected chi connectivity index (χ2v) is 10.6. The lowest BCUT2D eigenvalue weighted by Crippen LogP contribution is -2.43. The normalized spacial score (nSPS) is 22.4. The Morgan fingerprint density at radius 3 is 2.53 bits per heavy atom. The molecule has 0 N–H and O–H groups in total. The second-order valence-electron chi connectivity index (χ2n) is 9.13. The minimum absolute atomic E-state index is 0.0206. The van der Waals surface area contributed by atoms with E-state index in [9.17, 15) is 4.79 Å². The van der Waals surface area contributed by atoms with Gasteiger partial charge in [0.2, 0.25) is 0 Å². The molecule has 0 radical (unpaired) electrons. The number of aromatic nitrogens is 2. The van der Waals surface area contributed by atoms with Gasteiger partial charge in [-0.05, 0) is 68.6 Å². The Morgan fingerprint density at radius 2 is 1.82 bits per heavy atom. The predicted molar refractivity (Wildman–Crippen MR) is 134 cm³/mol. The van der Waals surface area contributed by atoms with Gasteiger partial charge in [-0.3, -0.25) is 9.36 Å². The first-order valence-electron chi connectivity index (χ1n) is 11.4. The minimum Gasteiger partial charge on any atom is -0.487 e. The van der Waals surface area contributed by atoms with Gasteiger partial charge in [0.05, 0.1) is 11.2 Å². The van der Waals surface area contributed by atoms with Gasteiger partial charge in [0.25, 0.3) is 5.56 Å². The lowest BCUT2D eigenvalue weighted by atomic mass is 10.0. The standard InChI is InChI=1S/C26H23ClFN3O2S/c1-30-17-6-7-18(30)11-20(10-17)33-23-9-8-19(12-21(23)28)31-14-29-22-13-24(34-25(22)26(31)32)15-2-4-16(27)5-3-15/h2-5,8-9,12-14,17-18,20H,6-7,10-11H2,1H3/t17-,18+,20+. The van der Waals surface area contributed by atoms with Gasteiger partial charge in [-0.15, -0.1) is 11.3 Å². The Morgan fingerprint density at radius 1 is 1.09 bits per heavy atom. The van der Waals surface area contributed by atoms with Crippen LogP contribution in [0.2, 0.25) is 5.02 Å². The number of hydrogen-bond donors (Lipinski definition) is 0. The van der Waals surface area contributed by atoms with Crippen LogP contribution in [0.3, 0.4) is 0 Å². The van der Waals surface area contributed by atoms with E-state index in [0.29, 0.717) is 33.0 Å². The van der Waals surface area contributed by atoms with Crippen LogP contribution in [0.15, 0.2) is 59.7 Å². The summed E-state index contributed by atoms with van der Waals surface area (Å²) in [7, 11) is 2.17. The molecule has 8 heteroatoms. The van der Waals surface area contributed by atoms with Crippen molar-refractivity contribution < 1.29 is 9.13 Å². The third-order valence-corrected chi connectivity index (χ3v) is 8.52. The predicted octanol–water partition coefficient (Wildman–Crippen LogP) is 5.91. The molecule has 3 atom stereocenters. The molecule has 4 aromatic rings. The van der Waals surface area contributed by atoms with E-state index in [1.54, 1.807) is 12.1 Å². The number of ether oxygens (including phenoxy) is 1. The van der Waals surface area contributed by atoms with Gasteiger partial charge in [-0.25, -0.2) is 9.37 Å². The molecule has 34 heavy (non-hydrogen) atoms. The van der Waals surface area contributed by atoms with Crippen molar-refractivity contribution in [2.45, 2.75) is 43.9 Å². The quantitative estimate of drug-likeness (QED) is 0.353. The van der Waals surface area contributed by atoms with Crippen LogP contribution in [-0.2, 0) is 0 Å². The highest BCUT2D eigenvalue weighted by atomic mass is 35.5. The summed E-state index contributed by atoms with van der Waals surface area (Å²) in [6.45, 7) is 0. The monoisotopic (exact) mass is 495 g/mol. The maximum Gasteiger partial charge on any atom is 0.275 e. The summed E-state index contributed by atoms with van der Waals surface area (Å²) in [5, 5.41) is 0.656. The molecule has 0 aliphatic carbocycles. The molecule has 2 saturated heterocycles. The first-order chi connectivity index (χ1) is 16.5. The van der Waals surface area contributed by atoms with Crippen LogP contribution in [0.4, 0.5) is 4.39 Å². The number of rotatable bonds is 4. The third-order valence-electron chi connectivity index (χ3n) is 7.11. The Labute approximate surface area is 205 Å². The van der Waals surface area contributed by atoms with Gasteiger partial charge in [0.15, 0.2) is 11.6 Å². The SMILES string of the molecule is CN1[C@@H]2CC[C@H]1C[C@@H](Oc1ccc(-n3cnc4cc(-c5ccc(Cl)cc5)sc4c3=O)cc1F)C2. The summed E-state index contributed by atoms with van der Waals surface area (Å²) >= 11 is 7.36. The molecule has 0 saturated carbocycles. The fourth-order valence-corrected chi connectivity index (χ4v) is 6.40. The number of nitrogens with zero attached hydrogens (tertiary/aromatic N) is 3. The number of fused-ring (bicyclic) bond motifs is 3. The third kappa shape index (κ3) is 3.82. The van der Waals surface area contributed by atoms with E-state index in [2.05, 4.69) is 16.9 Å². The van der Waals surface area contributed by atoms with Crippen LogP contribution in [0.1, 0.15) is 25.7 Å². The summed E-state index contributed by atoms with van der Waals surface area (Å²) in [5.74, 6) is -0.232. The van der Waals surface area contributed by atoms with Crippen molar-refractivity contribution in [3.05, 3.63) is 76.1 Å². The van der Waals surface area contributed by atoms with E-state index in [1.807, 2.05) is 30.3 Å². The van der Waals surface area contributed by atoms with E-state index in [1.165, 1.54) is 41.1 Å². The van der Waals surface area contributed by atoms with Crippen molar-refractivity contribution in [2.24, 2.45) is 0 Å². The number of piperidine rings is 1. The van der Waals surface area contributed by atoms with Gasteiger partial charge < -0.3 is 9.64 Å². The van der Waals surface area contributed by atoms with E-state index in [0.717, 1.165) is 23.3 Å². The average Bonchev–Trinajstić information content (AvgIpc) is 3.33. The van der Waals surface area contributed by atoms with E-state index < -0.39 is 5.82 Å². The fourth-order valence-electron chi connectivity index (χ4n) is 5.23. The van der Waals surface area contributed by atoms with Crippen LogP contribution < -0.4 is 10.3 Å². The summed E-state index contributed by atoms with van der Waals surface area (Å²) < 4.78 is 23.0. The Hall–Kier alpha value is -2.74. The summed E-state index contributed by atoms with van der Waals surface area (Å²) in [5.41, 5.74) is 1.78. The molecule has 2 aromatic heterocycles. The smallest absolute Gasteiger partial charge is 0.275 e. The largest absolute Gasteiger partial charge is 0.487 e. The Bertz CT molecular complexity index is 1420. The molecule has 5 nitrogen and oxygen atoms in total. The van der Waals surface area contributed by atoms with Crippen molar-refractivity contribution in [2.75, 3.05) is 7.05 Å². The number of benzene rings is 2. The first-order valence-corrected chi connectivity index (χ1v) is 12.6. The molecule has 2 aromatic carbocycles. The highest BCUT2D eigenvalue weighted by Crippen LogP contribution is 2.36. The molecule has 4 heterocycles. The molecule has 0 unspecified atom stereocenters. The molecule has 174 valence electrons. The van der Waals surface area contributed by atoms with E-state index in [-0.39, 0.29) is 17.4 Å². The zero-order chi connectivity index (χ0) is 23.4. The first kappa shape index (κ1) is 21.8. The van der Waals surface area contributed by atoms with Gasteiger partial charge >= 0.3 is 0 Å². The maximum atomic E-state index is 15.0. The number of thiophene rings is 1. The molecule has 2 fully saturated rings. The van der Waals surface area contributed by atoms with E-state index in [4.69, 9.17) is 16.3 Å². The second kappa shape index (κ2) is 8.48. The van der Waals surface area contributed by atoms with Crippen molar-refractivity contribution >= 4 is 33.2 Å². The molecule has 2 aliphatic heterocycles. The number of hydrogen-bond acceptors (Lipinski definition) is 5. The zero-order valence-corrected chi connectivity index (χ0v) is 20.2. The van der Waals surface area contributed by atoms with Crippen molar-refractivity contribution in [3.63, 3.8) is 0 Å². The highest BCUT2D eigenvalue weighted by molar-refractivity contribution is 7.22. The Kier molecular flexibility index (Phi) is 5.43. The fraction of sp³-hybridized carbons (Fsp3) is 0.308. The zero-order valence-electron chi connectivity index (χ0n) is 18.6. The van der Waals surface area contributed by atoms with Crippen molar-refractivity contribution in [1.82, 2.24) is 14.5 Å². The molecular formula is C26H23ClFN3O2S. The van der Waals surface area contributed by atoms with Gasteiger partial charge in [-0.1, -0.05) is 23.7 Å². The molecular weight excluding hydrogens is 473 g/mol. The maximum absolute atomic E-state index is 15.0. The van der Waals surface area contributed by atoms with Crippen LogP contribution >= 0.6 is 22.9 Å². The molecule has 2 bridgehead atoms. The van der Waals surface area contributed by atoms with Gasteiger partial charge in [0, 0.05) is 28.0 Å². The number of halogens is 2. The molecule has 0 amide bonds. The summed E-state index contributed by atoms with van der Waals surface area (Å²) in [6, 6.07) is 15.1. The summed E-state index contributed by atoms with van der Waals surface area (Å²) in [6.07, 6.45) is 5.68. The molecule has 6 rings (SSSR count). The Balaban J connectivity index is 1.27. The average molecular weight is 496 g/mol. The van der Waals surface area contributed by atoms with Crippen molar-refractivity contribution in [1.29, 1.82) is 0 Å². The van der Waals surface area contributed by atoms with Gasteiger partial charge in [-0.2, -0.15) is 0 Å². The van der Waals surface area contributed by atoms with E-state index >= 15 is 4.39 Å². The lowest BCUT2D eigenvalue weighted by molar-refractivity contribution is 0.0636. The molecule has 0 spiro atoms. The van der Waals surface area contributed by atoms with Crippen LogP contribution in [0.25, 0.3) is 26.3 Å². The van der Waals surface area contributed by atoms with Gasteiger partial charge in [0.1, 0.15) is 17.1 Å². The highest BCUT2D eigenvalue weighted by Gasteiger charge is 2.39. The topological polar surface area (TPSA) is 47.4 Å². The lowest BCUT2D eigenvalue weighted by Gasteiger charge is -2.36. The summed E-state index contributed by atoms with van der Waals surface area (Å²) in [4.78, 5) is 21.0. The molecule has 2 aliphatic rings.